The Kier molecular flexibility index (Phi) is 9.53. The van der Waals surface area contributed by atoms with E-state index in [0.29, 0.717) is 23.8 Å². The highest BCUT2D eigenvalue weighted by Gasteiger charge is 2.57. The zero-order valence-electron chi connectivity index (χ0n) is 24.2. The Labute approximate surface area is 226 Å². The van der Waals surface area contributed by atoms with E-state index in [2.05, 4.69) is 50.1 Å². The molecule has 1 amide bonds. The smallest absolute Gasteiger partial charge is 0.220 e. The van der Waals surface area contributed by atoms with Gasteiger partial charge in [0.25, 0.3) is 0 Å². The van der Waals surface area contributed by atoms with Crippen molar-refractivity contribution in [1.29, 1.82) is 0 Å². The van der Waals surface area contributed by atoms with Gasteiger partial charge in [-0.15, -0.1) is 0 Å². The third-order valence-corrected chi connectivity index (χ3v) is 10.8. The first kappa shape index (κ1) is 28.3. The van der Waals surface area contributed by atoms with Crippen LogP contribution in [0.1, 0.15) is 117 Å². The Morgan fingerprint density at radius 2 is 1.81 bits per heavy atom. The fraction of sp³-hybridized carbons (Fsp3) is 0.758. The molecule has 0 saturated heterocycles. The monoisotopic (exact) mass is 507 g/mol. The molecule has 4 heteroatoms. The van der Waals surface area contributed by atoms with Gasteiger partial charge in [0.2, 0.25) is 5.91 Å². The van der Waals surface area contributed by atoms with Gasteiger partial charge in [-0.2, -0.15) is 0 Å². The maximum Gasteiger partial charge on any atom is 0.220 e. The number of pyridine rings is 1. The van der Waals surface area contributed by atoms with Crippen molar-refractivity contribution in [3.05, 3.63) is 41.2 Å². The fourth-order valence-corrected chi connectivity index (χ4v) is 8.54. The number of unbranched alkanes of at least 4 members (excludes halogenated alkanes) is 4. The van der Waals surface area contributed by atoms with E-state index in [1.165, 1.54) is 63.5 Å². The summed E-state index contributed by atoms with van der Waals surface area (Å²) in [5, 5.41) is 3.21. The summed E-state index contributed by atoms with van der Waals surface area (Å²) in [6.45, 7) is 10.6. The van der Waals surface area contributed by atoms with E-state index in [1.54, 1.807) is 11.1 Å². The molecule has 0 bridgehead atoms. The highest BCUT2D eigenvalue weighted by molar-refractivity contribution is 5.76. The zero-order valence-corrected chi connectivity index (χ0v) is 24.2. The summed E-state index contributed by atoms with van der Waals surface area (Å²) in [5.74, 6) is 2.40. The number of nitrogens with zero attached hydrogens (tertiary/aromatic N) is 1. The van der Waals surface area contributed by atoms with E-state index in [4.69, 9.17) is 5.73 Å². The number of fused-ring (bicyclic) bond motifs is 3. The summed E-state index contributed by atoms with van der Waals surface area (Å²) in [6.07, 6.45) is 18.1. The Hall–Kier alpha value is -1.68. The standard InChI is InChI=1S/C33H53N3O/c1-24-14-17-28-27(15-18-29-32(2,3)30(34)20-21-33(28,29)4)26(24)16-19-31(37)36-23-10-7-5-6-8-12-25-13-9-11-22-35-25/h9,11,13,22,27-30H,5-8,10,12,14-21,23,34H2,1-4H3,(H,36,37)/t27?,28?,29?,30?,33-/m1/s1. The van der Waals surface area contributed by atoms with Crippen molar-refractivity contribution in [2.24, 2.45) is 34.3 Å². The van der Waals surface area contributed by atoms with Crippen LogP contribution in [0.2, 0.25) is 0 Å². The third kappa shape index (κ3) is 6.49. The molecule has 3 N–H and O–H groups in total. The number of carbonyl (C=O) groups excluding carboxylic acids is 1. The molecule has 4 unspecified atom stereocenters. The van der Waals surface area contributed by atoms with Crippen molar-refractivity contribution in [3.8, 4) is 0 Å². The fourth-order valence-electron chi connectivity index (χ4n) is 8.54. The Balaban J connectivity index is 1.18. The number of hydrogen-bond acceptors (Lipinski definition) is 3. The second-order valence-electron chi connectivity index (χ2n) is 13.3. The van der Waals surface area contributed by atoms with Gasteiger partial charge in [0.15, 0.2) is 0 Å². The van der Waals surface area contributed by atoms with Crippen LogP contribution in [-0.4, -0.2) is 23.5 Å². The van der Waals surface area contributed by atoms with Crippen molar-refractivity contribution in [2.45, 2.75) is 124 Å². The molecule has 0 aliphatic heterocycles. The van der Waals surface area contributed by atoms with Crippen molar-refractivity contribution in [2.75, 3.05) is 6.54 Å². The van der Waals surface area contributed by atoms with Crippen molar-refractivity contribution < 1.29 is 4.79 Å². The highest BCUT2D eigenvalue weighted by atomic mass is 16.1. The van der Waals surface area contributed by atoms with Gasteiger partial charge in [0.05, 0.1) is 0 Å². The summed E-state index contributed by atoms with van der Waals surface area (Å²) in [6, 6.07) is 6.48. The summed E-state index contributed by atoms with van der Waals surface area (Å²) in [4.78, 5) is 17.1. The van der Waals surface area contributed by atoms with Gasteiger partial charge in [-0.3, -0.25) is 9.78 Å². The summed E-state index contributed by atoms with van der Waals surface area (Å²) in [7, 11) is 0. The Bertz CT molecular complexity index is 923. The second kappa shape index (κ2) is 12.5. The summed E-state index contributed by atoms with van der Waals surface area (Å²) >= 11 is 0. The zero-order chi connectivity index (χ0) is 26.5. The molecule has 1 aromatic rings. The maximum atomic E-state index is 12.7. The Morgan fingerprint density at radius 3 is 2.59 bits per heavy atom. The van der Waals surface area contributed by atoms with Crippen LogP contribution in [0, 0.1) is 28.6 Å². The molecule has 1 heterocycles. The molecule has 2 fully saturated rings. The molecule has 0 spiro atoms. The first-order valence-corrected chi connectivity index (χ1v) is 15.3. The van der Waals surface area contributed by atoms with E-state index < -0.39 is 0 Å². The van der Waals surface area contributed by atoms with Crippen LogP contribution >= 0.6 is 0 Å². The number of rotatable bonds is 11. The van der Waals surface area contributed by atoms with Crippen LogP contribution in [0.3, 0.4) is 0 Å². The van der Waals surface area contributed by atoms with E-state index in [0.717, 1.165) is 44.1 Å². The van der Waals surface area contributed by atoms with E-state index >= 15 is 0 Å². The number of allylic oxidation sites excluding steroid dienone is 2. The minimum Gasteiger partial charge on any atom is -0.356 e. The predicted octanol–water partition coefficient (Wildman–Crippen LogP) is 7.38. The lowest BCUT2D eigenvalue weighted by Crippen LogP contribution is -2.59. The summed E-state index contributed by atoms with van der Waals surface area (Å²) in [5.41, 5.74) is 11.7. The second-order valence-corrected chi connectivity index (χ2v) is 13.3. The third-order valence-electron chi connectivity index (χ3n) is 10.8. The molecular weight excluding hydrogens is 454 g/mol. The lowest BCUT2D eigenvalue weighted by atomic mass is 9.43. The lowest BCUT2D eigenvalue weighted by Gasteiger charge is -2.62. The van der Waals surface area contributed by atoms with Gasteiger partial charge in [0.1, 0.15) is 0 Å². The molecule has 2 saturated carbocycles. The normalized spacial score (nSPS) is 30.9. The average molecular weight is 508 g/mol. The van der Waals surface area contributed by atoms with Gasteiger partial charge >= 0.3 is 0 Å². The van der Waals surface area contributed by atoms with Crippen molar-refractivity contribution >= 4 is 5.91 Å². The molecule has 3 aliphatic rings. The molecule has 3 aliphatic carbocycles. The van der Waals surface area contributed by atoms with E-state index in [-0.39, 0.29) is 11.3 Å². The van der Waals surface area contributed by atoms with Gasteiger partial charge in [-0.1, -0.05) is 57.2 Å². The van der Waals surface area contributed by atoms with Crippen LogP contribution in [0.4, 0.5) is 0 Å². The highest BCUT2D eigenvalue weighted by Crippen LogP contribution is 2.64. The topological polar surface area (TPSA) is 68.0 Å². The quantitative estimate of drug-likeness (QED) is 0.242. The first-order valence-electron chi connectivity index (χ1n) is 15.3. The minimum absolute atomic E-state index is 0.229. The molecule has 0 aromatic carbocycles. The molecule has 37 heavy (non-hydrogen) atoms. The van der Waals surface area contributed by atoms with Gasteiger partial charge in [0, 0.05) is 30.9 Å². The van der Waals surface area contributed by atoms with Gasteiger partial charge < -0.3 is 11.1 Å². The summed E-state index contributed by atoms with van der Waals surface area (Å²) < 4.78 is 0. The van der Waals surface area contributed by atoms with Gasteiger partial charge in [-0.25, -0.2) is 0 Å². The van der Waals surface area contributed by atoms with Gasteiger partial charge in [-0.05, 0) is 112 Å². The molecule has 4 nitrogen and oxygen atoms in total. The number of hydrogen-bond donors (Lipinski definition) is 2. The predicted molar refractivity (Wildman–Crippen MR) is 154 cm³/mol. The van der Waals surface area contributed by atoms with E-state index in [9.17, 15) is 4.79 Å². The maximum absolute atomic E-state index is 12.7. The largest absolute Gasteiger partial charge is 0.356 e. The Morgan fingerprint density at radius 1 is 1.03 bits per heavy atom. The number of aromatic nitrogens is 1. The van der Waals surface area contributed by atoms with Crippen LogP contribution < -0.4 is 11.1 Å². The molecule has 4 rings (SSSR count). The molecule has 5 atom stereocenters. The molecule has 0 radical (unpaired) electrons. The number of carbonyl (C=O) groups is 1. The number of nitrogens with two attached hydrogens (primary N) is 1. The van der Waals surface area contributed by atoms with Crippen LogP contribution in [0.25, 0.3) is 0 Å². The lowest BCUT2D eigenvalue weighted by molar-refractivity contribution is -0.121. The van der Waals surface area contributed by atoms with Crippen molar-refractivity contribution in [3.63, 3.8) is 0 Å². The number of aryl methyl sites for hydroxylation is 1. The number of amides is 1. The first-order chi connectivity index (χ1) is 17.7. The SMILES string of the molecule is CC1=C(CCC(=O)NCCCCCCCc2ccccn2)C2CCC3C(C)(C)C(N)CC[C@]3(C)C2CC1. The van der Waals surface area contributed by atoms with Crippen LogP contribution in [0.15, 0.2) is 35.5 Å². The van der Waals surface area contributed by atoms with E-state index in [1.807, 2.05) is 12.3 Å². The average Bonchev–Trinajstić information content (AvgIpc) is 2.88. The van der Waals surface area contributed by atoms with Crippen LogP contribution in [0.5, 0.6) is 0 Å². The van der Waals surface area contributed by atoms with Crippen LogP contribution in [-0.2, 0) is 11.2 Å². The molecule has 206 valence electrons. The number of nitrogens with one attached hydrogen (secondary N) is 1. The minimum atomic E-state index is 0.229. The van der Waals surface area contributed by atoms with Crippen molar-refractivity contribution in [1.82, 2.24) is 10.3 Å². The molecule has 1 aromatic heterocycles. The molecular formula is C33H53N3O.